The van der Waals surface area contributed by atoms with Crippen LogP contribution in [0.4, 0.5) is 10.5 Å². The van der Waals surface area contributed by atoms with Gasteiger partial charge in [0, 0.05) is 25.2 Å². The number of ether oxygens (including phenoxy) is 1. The first-order valence-corrected chi connectivity index (χ1v) is 9.69. The van der Waals surface area contributed by atoms with Crippen molar-refractivity contribution in [2.24, 2.45) is 10.9 Å². The van der Waals surface area contributed by atoms with Gasteiger partial charge in [-0.2, -0.15) is 0 Å². The van der Waals surface area contributed by atoms with E-state index in [1.54, 1.807) is 11.2 Å². The van der Waals surface area contributed by atoms with Crippen LogP contribution in [0.15, 0.2) is 52.1 Å². The molecule has 7 nitrogen and oxygen atoms in total. The number of cyclic esters (lactones) is 1. The SMILES string of the molecule is CC(C)CNC(=NCc1ccc(N2CCOC2=O)cc1)NCCc1ccco1.I. The van der Waals surface area contributed by atoms with Crippen LogP contribution in [-0.4, -0.2) is 38.3 Å². The highest BCUT2D eigenvalue weighted by molar-refractivity contribution is 14.0. The first kappa shape index (κ1) is 23.1. The van der Waals surface area contributed by atoms with E-state index in [4.69, 9.17) is 9.15 Å². The minimum absolute atomic E-state index is 0. The van der Waals surface area contributed by atoms with Crippen molar-refractivity contribution in [2.75, 3.05) is 31.1 Å². The van der Waals surface area contributed by atoms with E-state index >= 15 is 0 Å². The van der Waals surface area contributed by atoms with E-state index in [1.807, 2.05) is 36.4 Å². The number of anilines is 1. The number of nitrogens with one attached hydrogen (secondary N) is 2. The minimum Gasteiger partial charge on any atom is -0.469 e. The second kappa shape index (κ2) is 11.7. The number of guanidine groups is 1. The molecule has 1 aliphatic heterocycles. The lowest BCUT2D eigenvalue weighted by atomic mass is 10.2. The van der Waals surface area contributed by atoms with Crippen LogP contribution in [0.5, 0.6) is 0 Å². The Kier molecular flexibility index (Phi) is 9.30. The molecule has 1 amide bonds. The van der Waals surface area contributed by atoms with Crippen LogP contribution in [0, 0.1) is 5.92 Å². The number of rotatable bonds is 8. The van der Waals surface area contributed by atoms with Crippen molar-refractivity contribution in [1.29, 1.82) is 0 Å². The first-order chi connectivity index (χ1) is 13.6. The maximum atomic E-state index is 11.6. The molecule has 1 aromatic carbocycles. The molecule has 0 saturated carbocycles. The number of carbonyl (C=O) groups excluding carboxylic acids is 1. The van der Waals surface area contributed by atoms with Gasteiger partial charge in [0.1, 0.15) is 12.4 Å². The quantitative estimate of drug-likeness (QED) is 0.320. The van der Waals surface area contributed by atoms with Crippen molar-refractivity contribution in [3.63, 3.8) is 0 Å². The zero-order valence-corrected chi connectivity index (χ0v) is 19.2. The van der Waals surface area contributed by atoms with Crippen molar-refractivity contribution in [2.45, 2.75) is 26.8 Å². The van der Waals surface area contributed by atoms with Gasteiger partial charge in [-0.3, -0.25) is 4.90 Å². The molecule has 0 bridgehead atoms. The lowest BCUT2D eigenvalue weighted by molar-refractivity contribution is 0.181. The van der Waals surface area contributed by atoms with Crippen LogP contribution < -0.4 is 15.5 Å². The van der Waals surface area contributed by atoms with Crippen molar-refractivity contribution < 1.29 is 13.9 Å². The largest absolute Gasteiger partial charge is 0.469 e. The molecule has 29 heavy (non-hydrogen) atoms. The van der Waals surface area contributed by atoms with Gasteiger partial charge in [-0.05, 0) is 35.7 Å². The molecular weight excluding hydrogens is 483 g/mol. The molecule has 2 heterocycles. The molecule has 158 valence electrons. The molecule has 0 radical (unpaired) electrons. The number of carbonyl (C=O) groups is 1. The highest BCUT2D eigenvalue weighted by Gasteiger charge is 2.23. The standard InChI is InChI=1S/C21H28N4O3.HI/c1-16(2)14-23-20(22-10-9-19-4-3-12-27-19)24-15-17-5-7-18(8-6-17)25-11-13-28-21(25)26;/h3-8,12,16H,9-11,13-15H2,1-2H3,(H2,22,23,24);1H. The van der Waals surface area contributed by atoms with Gasteiger partial charge in [0.05, 0.1) is 19.4 Å². The molecule has 2 aromatic rings. The smallest absolute Gasteiger partial charge is 0.414 e. The Balaban J connectivity index is 0.00000300. The number of aliphatic imine (C=N–C) groups is 1. The fourth-order valence-electron chi connectivity index (χ4n) is 2.81. The third-order valence-electron chi connectivity index (χ3n) is 4.35. The van der Waals surface area contributed by atoms with Crippen LogP contribution >= 0.6 is 24.0 Å². The van der Waals surface area contributed by atoms with Gasteiger partial charge in [0.25, 0.3) is 0 Å². The summed E-state index contributed by atoms with van der Waals surface area (Å²) >= 11 is 0. The molecule has 1 saturated heterocycles. The molecule has 0 atom stereocenters. The molecule has 1 aromatic heterocycles. The summed E-state index contributed by atoms with van der Waals surface area (Å²) in [5, 5.41) is 6.73. The predicted octanol–water partition coefficient (Wildman–Crippen LogP) is 3.79. The van der Waals surface area contributed by atoms with E-state index in [0.717, 1.165) is 42.5 Å². The zero-order valence-electron chi connectivity index (χ0n) is 16.9. The fourth-order valence-corrected chi connectivity index (χ4v) is 2.81. The summed E-state index contributed by atoms with van der Waals surface area (Å²) in [7, 11) is 0. The number of hydrogen-bond acceptors (Lipinski definition) is 4. The summed E-state index contributed by atoms with van der Waals surface area (Å²) in [4.78, 5) is 18.0. The van der Waals surface area contributed by atoms with Gasteiger partial charge < -0.3 is 19.8 Å². The summed E-state index contributed by atoms with van der Waals surface area (Å²) in [5.41, 5.74) is 1.93. The van der Waals surface area contributed by atoms with Gasteiger partial charge in [-0.15, -0.1) is 24.0 Å². The number of hydrogen-bond donors (Lipinski definition) is 2. The van der Waals surface area contributed by atoms with E-state index in [0.29, 0.717) is 25.6 Å². The number of nitrogens with zero attached hydrogens (tertiary/aromatic N) is 2. The zero-order chi connectivity index (χ0) is 19.8. The third kappa shape index (κ3) is 7.26. The van der Waals surface area contributed by atoms with Gasteiger partial charge in [0.15, 0.2) is 5.96 Å². The van der Waals surface area contributed by atoms with E-state index in [1.165, 1.54) is 0 Å². The second-order valence-corrected chi connectivity index (χ2v) is 7.13. The monoisotopic (exact) mass is 512 g/mol. The second-order valence-electron chi connectivity index (χ2n) is 7.13. The van der Waals surface area contributed by atoms with E-state index in [2.05, 4.69) is 29.5 Å². The maximum Gasteiger partial charge on any atom is 0.414 e. The molecule has 3 rings (SSSR count). The van der Waals surface area contributed by atoms with Crippen LogP contribution in [-0.2, 0) is 17.7 Å². The van der Waals surface area contributed by atoms with E-state index in [-0.39, 0.29) is 30.1 Å². The van der Waals surface area contributed by atoms with Gasteiger partial charge >= 0.3 is 6.09 Å². The van der Waals surface area contributed by atoms with Crippen molar-refractivity contribution in [3.05, 3.63) is 54.0 Å². The molecule has 1 aliphatic rings. The lowest BCUT2D eigenvalue weighted by Crippen LogP contribution is -2.40. The van der Waals surface area contributed by atoms with Crippen molar-refractivity contribution in [1.82, 2.24) is 10.6 Å². The van der Waals surface area contributed by atoms with Gasteiger partial charge in [-0.25, -0.2) is 9.79 Å². The van der Waals surface area contributed by atoms with Gasteiger partial charge in [0.2, 0.25) is 0 Å². The minimum atomic E-state index is -0.285. The molecule has 0 aliphatic carbocycles. The van der Waals surface area contributed by atoms with Gasteiger partial charge in [-0.1, -0.05) is 26.0 Å². The van der Waals surface area contributed by atoms with Crippen LogP contribution in [0.1, 0.15) is 25.2 Å². The number of halogens is 1. The Morgan fingerprint density at radius 3 is 2.62 bits per heavy atom. The molecule has 8 heteroatoms. The van der Waals surface area contributed by atoms with Crippen molar-refractivity contribution in [3.8, 4) is 0 Å². The highest BCUT2D eigenvalue weighted by Crippen LogP contribution is 2.19. The molecule has 0 spiro atoms. The number of benzene rings is 1. The molecular formula is C21H29IN4O3. The van der Waals surface area contributed by atoms with E-state index in [9.17, 15) is 4.79 Å². The predicted molar refractivity (Wildman–Crippen MR) is 125 cm³/mol. The summed E-state index contributed by atoms with van der Waals surface area (Å²) in [6.07, 6.45) is 2.20. The Morgan fingerprint density at radius 2 is 2.00 bits per heavy atom. The van der Waals surface area contributed by atoms with Crippen LogP contribution in [0.3, 0.4) is 0 Å². The molecule has 1 fully saturated rings. The molecule has 0 unspecified atom stereocenters. The average molecular weight is 512 g/mol. The third-order valence-corrected chi connectivity index (χ3v) is 4.35. The summed E-state index contributed by atoms with van der Waals surface area (Å²) in [5.74, 6) is 2.26. The Hall–Kier alpha value is -2.23. The summed E-state index contributed by atoms with van der Waals surface area (Å²) in [6, 6.07) is 11.7. The highest BCUT2D eigenvalue weighted by atomic mass is 127. The lowest BCUT2D eigenvalue weighted by Gasteiger charge is -2.14. The Bertz CT molecular complexity index is 776. The summed E-state index contributed by atoms with van der Waals surface area (Å²) in [6.45, 7) is 7.51. The topological polar surface area (TPSA) is 79.1 Å². The maximum absolute atomic E-state index is 11.6. The normalized spacial score (nSPS) is 14.0. The van der Waals surface area contributed by atoms with Crippen LogP contribution in [0.2, 0.25) is 0 Å². The summed E-state index contributed by atoms with van der Waals surface area (Å²) < 4.78 is 10.3. The number of furan rings is 1. The first-order valence-electron chi connectivity index (χ1n) is 9.69. The molecule has 2 N–H and O–H groups in total. The Labute approximate surface area is 188 Å². The van der Waals surface area contributed by atoms with E-state index < -0.39 is 0 Å². The fraction of sp³-hybridized carbons (Fsp3) is 0.429. The van der Waals surface area contributed by atoms with Crippen molar-refractivity contribution >= 4 is 41.7 Å². The Morgan fingerprint density at radius 1 is 1.21 bits per heavy atom. The van der Waals surface area contributed by atoms with Crippen LogP contribution in [0.25, 0.3) is 0 Å². The average Bonchev–Trinajstić information content (AvgIpc) is 3.35. The number of amides is 1.